The molecular weight excluding hydrogens is 368 g/mol. The SMILES string of the molecule is C[O-].O=S([O-])c1ccc2cc(-c3ccc(F)cc3F)ccc2c1.[Na+].[Na+]. The molecule has 0 amide bonds. The molecule has 0 N–H and O–H groups in total. The second kappa shape index (κ2) is 11.5. The van der Waals surface area contributed by atoms with Crippen molar-refractivity contribution in [3.05, 3.63) is 66.2 Å². The standard InChI is InChI=1S/C16H10F2O2S.CH3O.2Na/c17-13-4-6-15(16(18)9-13)12-2-1-11-8-14(21(19)20)5-3-10(11)7-12;1-2;;/h1-9H,(H,19,20);1H3;;/q;-1;2*+1/p-1. The van der Waals surface area contributed by atoms with Crippen LogP contribution < -0.4 is 64.2 Å². The van der Waals surface area contributed by atoms with E-state index in [9.17, 15) is 17.5 Å². The van der Waals surface area contributed by atoms with Crippen LogP contribution in [0.5, 0.6) is 0 Å². The van der Waals surface area contributed by atoms with Crippen LogP contribution in [0, 0.1) is 11.6 Å². The molecule has 25 heavy (non-hydrogen) atoms. The fraction of sp³-hybridized carbons (Fsp3) is 0.0588. The molecule has 0 spiro atoms. The predicted molar refractivity (Wildman–Crippen MR) is 82.4 cm³/mol. The zero-order valence-electron chi connectivity index (χ0n) is 14.1. The monoisotopic (exact) mass is 380 g/mol. The first-order chi connectivity index (χ1) is 11.0. The quantitative estimate of drug-likeness (QED) is 0.352. The minimum atomic E-state index is -2.28. The van der Waals surface area contributed by atoms with E-state index in [1.807, 2.05) is 0 Å². The molecule has 3 rings (SSSR count). The Labute approximate surface area is 191 Å². The molecule has 0 radical (unpaired) electrons. The van der Waals surface area contributed by atoms with Crippen molar-refractivity contribution in [1.29, 1.82) is 0 Å². The second-order valence-corrected chi connectivity index (χ2v) is 5.52. The van der Waals surface area contributed by atoms with E-state index in [1.54, 1.807) is 30.3 Å². The van der Waals surface area contributed by atoms with E-state index in [4.69, 9.17) is 5.11 Å². The van der Waals surface area contributed by atoms with E-state index in [0.717, 1.165) is 23.9 Å². The molecule has 3 aromatic rings. The normalized spacial score (nSPS) is 10.8. The molecule has 0 fully saturated rings. The maximum atomic E-state index is 13.8. The zero-order chi connectivity index (χ0) is 17.0. The third-order valence-electron chi connectivity index (χ3n) is 3.25. The largest absolute Gasteiger partial charge is 1.00 e. The summed E-state index contributed by atoms with van der Waals surface area (Å²) in [5.41, 5.74) is 0.908. The van der Waals surface area contributed by atoms with Crippen molar-refractivity contribution in [3.63, 3.8) is 0 Å². The number of rotatable bonds is 2. The van der Waals surface area contributed by atoms with E-state index in [2.05, 4.69) is 0 Å². The van der Waals surface area contributed by atoms with E-state index in [0.29, 0.717) is 11.1 Å². The fourth-order valence-corrected chi connectivity index (χ4v) is 2.62. The summed E-state index contributed by atoms with van der Waals surface area (Å²) in [7, 11) is 0.750. The maximum Gasteiger partial charge on any atom is 1.00 e. The Morgan fingerprint density at radius 2 is 1.44 bits per heavy atom. The van der Waals surface area contributed by atoms with Gasteiger partial charge in [0.1, 0.15) is 11.6 Å². The number of benzene rings is 3. The minimum Gasteiger partial charge on any atom is -0.857 e. The molecule has 0 aliphatic carbocycles. The molecular formula is C17H12F2Na2O3S. The van der Waals surface area contributed by atoms with Crippen LogP contribution in [-0.2, 0) is 11.1 Å². The van der Waals surface area contributed by atoms with Crippen molar-refractivity contribution in [2.24, 2.45) is 0 Å². The third-order valence-corrected chi connectivity index (χ3v) is 3.89. The summed E-state index contributed by atoms with van der Waals surface area (Å²) >= 11 is -2.28. The van der Waals surface area contributed by atoms with E-state index in [1.165, 1.54) is 18.2 Å². The molecule has 120 valence electrons. The smallest absolute Gasteiger partial charge is 0.857 e. The molecule has 0 saturated heterocycles. The van der Waals surface area contributed by atoms with Crippen molar-refractivity contribution in [2.75, 3.05) is 7.11 Å². The van der Waals surface area contributed by atoms with E-state index in [-0.39, 0.29) is 64.0 Å². The second-order valence-electron chi connectivity index (χ2n) is 4.58. The first kappa shape index (κ1) is 24.8. The Hall–Kier alpha value is -0.150. The van der Waals surface area contributed by atoms with Crippen LogP contribution in [0.4, 0.5) is 8.78 Å². The Bertz CT molecular complexity index is 876. The van der Waals surface area contributed by atoms with E-state index < -0.39 is 22.7 Å². The van der Waals surface area contributed by atoms with Crippen LogP contribution in [0.1, 0.15) is 0 Å². The predicted octanol–water partition coefficient (Wildman–Crippen LogP) is -2.99. The number of fused-ring (bicyclic) bond motifs is 1. The molecule has 0 heterocycles. The van der Waals surface area contributed by atoms with Gasteiger partial charge in [-0.2, -0.15) is 7.11 Å². The van der Waals surface area contributed by atoms with Crippen molar-refractivity contribution in [3.8, 4) is 11.1 Å². The molecule has 3 nitrogen and oxygen atoms in total. The van der Waals surface area contributed by atoms with Crippen LogP contribution in [0.2, 0.25) is 0 Å². The molecule has 0 aromatic heterocycles. The molecule has 3 aromatic carbocycles. The molecule has 0 saturated carbocycles. The van der Waals surface area contributed by atoms with Crippen LogP contribution in [0.25, 0.3) is 21.9 Å². The van der Waals surface area contributed by atoms with Crippen LogP contribution >= 0.6 is 0 Å². The van der Waals surface area contributed by atoms with Gasteiger partial charge in [0.15, 0.2) is 0 Å². The summed E-state index contributed by atoms with van der Waals surface area (Å²) in [5.74, 6) is -1.26. The first-order valence-electron chi connectivity index (χ1n) is 6.54. The van der Waals surface area contributed by atoms with Gasteiger partial charge < -0.3 is 9.66 Å². The van der Waals surface area contributed by atoms with Crippen molar-refractivity contribution >= 4 is 21.9 Å². The third kappa shape index (κ3) is 6.20. The van der Waals surface area contributed by atoms with E-state index >= 15 is 0 Å². The fourth-order valence-electron chi connectivity index (χ4n) is 2.22. The molecule has 0 aliphatic rings. The molecule has 0 aliphatic heterocycles. The number of halogens is 2. The van der Waals surface area contributed by atoms with Gasteiger partial charge in [0.2, 0.25) is 0 Å². The number of hydrogen-bond acceptors (Lipinski definition) is 3. The Kier molecular flexibility index (Phi) is 11.5. The summed E-state index contributed by atoms with van der Waals surface area (Å²) in [6.07, 6.45) is 0. The molecule has 0 bridgehead atoms. The van der Waals surface area contributed by atoms with Gasteiger partial charge in [-0.05, 0) is 57.7 Å². The Morgan fingerprint density at radius 1 is 0.840 bits per heavy atom. The molecule has 1 atom stereocenters. The average molecular weight is 380 g/mol. The summed E-state index contributed by atoms with van der Waals surface area (Å²) in [6, 6.07) is 13.2. The van der Waals surface area contributed by atoms with Crippen LogP contribution in [0.3, 0.4) is 0 Å². The summed E-state index contributed by atoms with van der Waals surface area (Å²) < 4.78 is 48.6. The Morgan fingerprint density at radius 3 is 2.04 bits per heavy atom. The van der Waals surface area contributed by atoms with Gasteiger partial charge >= 0.3 is 59.1 Å². The van der Waals surface area contributed by atoms with Crippen LogP contribution in [0.15, 0.2) is 59.5 Å². The minimum absolute atomic E-state index is 0. The molecule has 8 heteroatoms. The van der Waals surface area contributed by atoms with Crippen molar-refractivity contribution in [2.45, 2.75) is 4.90 Å². The van der Waals surface area contributed by atoms with Gasteiger partial charge in [-0.25, -0.2) is 8.78 Å². The van der Waals surface area contributed by atoms with Gasteiger partial charge in [0, 0.05) is 16.5 Å². The van der Waals surface area contributed by atoms with Crippen molar-refractivity contribution in [1.82, 2.24) is 0 Å². The van der Waals surface area contributed by atoms with Gasteiger partial charge in [-0.15, -0.1) is 0 Å². The topological polar surface area (TPSA) is 63.2 Å². The first-order valence-corrected chi connectivity index (χ1v) is 7.61. The zero-order valence-corrected chi connectivity index (χ0v) is 18.9. The summed E-state index contributed by atoms with van der Waals surface area (Å²) in [5, 5.41) is 9.77. The van der Waals surface area contributed by atoms with Gasteiger partial charge in [-0.3, -0.25) is 4.21 Å². The number of hydrogen-bond donors (Lipinski definition) is 0. The van der Waals surface area contributed by atoms with Gasteiger partial charge in [0.05, 0.1) is 0 Å². The van der Waals surface area contributed by atoms with Crippen molar-refractivity contribution < 1.29 is 81.8 Å². The maximum absolute atomic E-state index is 13.8. The average Bonchev–Trinajstić information content (AvgIpc) is 2.55. The summed E-state index contributed by atoms with van der Waals surface area (Å²) in [6.45, 7) is 0. The Balaban J connectivity index is 0.00000139. The van der Waals surface area contributed by atoms with Gasteiger partial charge in [0.25, 0.3) is 0 Å². The van der Waals surface area contributed by atoms with Gasteiger partial charge in [-0.1, -0.05) is 18.2 Å². The van der Waals surface area contributed by atoms with Crippen LogP contribution in [-0.4, -0.2) is 15.9 Å². The molecule has 1 unspecified atom stereocenters. The summed E-state index contributed by atoms with van der Waals surface area (Å²) in [4.78, 5) is 0.197.